The van der Waals surface area contributed by atoms with Crippen LogP contribution in [0.1, 0.15) is 38.1 Å². The lowest BCUT2D eigenvalue weighted by molar-refractivity contribution is 0.335. The Labute approximate surface area is 120 Å². The molecule has 20 heavy (non-hydrogen) atoms. The standard InChI is InChI=1S/C16H23N3O/c1-5-14-15(11-19(4)18-14)17-12(3)13-9-7-8-10-16(13)20-6-2/h7-12,17H,5-6H2,1-4H3. The van der Waals surface area contributed by atoms with Gasteiger partial charge in [0, 0.05) is 18.8 Å². The van der Waals surface area contributed by atoms with Crippen LogP contribution in [0.5, 0.6) is 5.75 Å². The Morgan fingerprint density at radius 1 is 1.30 bits per heavy atom. The number of anilines is 1. The van der Waals surface area contributed by atoms with Crippen LogP contribution in [0.25, 0.3) is 0 Å². The van der Waals surface area contributed by atoms with Gasteiger partial charge in [-0.25, -0.2) is 0 Å². The fraction of sp³-hybridized carbons (Fsp3) is 0.438. The number of hydrogen-bond acceptors (Lipinski definition) is 3. The van der Waals surface area contributed by atoms with Gasteiger partial charge >= 0.3 is 0 Å². The molecule has 0 amide bonds. The summed E-state index contributed by atoms with van der Waals surface area (Å²) >= 11 is 0. The lowest BCUT2D eigenvalue weighted by Crippen LogP contribution is -2.09. The van der Waals surface area contributed by atoms with Gasteiger partial charge in [0.05, 0.1) is 24.0 Å². The van der Waals surface area contributed by atoms with E-state index in [0.717, 1.165) is 23.6 Å². The van der Waals surface area contributed by atoms with Crippen LogP contribution in [-0.2, 0) is 13.5 Å². The van der Waals surface area contributed by atoms with Gasteiger partial charge in [-0.3, -0.25) is 4.68 Å². The number of nitrogens with zero attached hydrogens (tertiary/aromatic N) is 2. The Bertz CT molecular complexity index is 563. The first kappa shape index (κ1) is 14.4. The van der Waals surface area contributed by atoms with Gasteiger partial charge in [0.1, 0.15) is 5.75 Å². The van der Waals surface area contributed by atoms with E-state index in [2.05, 4.69) is 30.3 Å². The molecule has 0 aliphatic carbocycles. The fourth-order valence-electron chi connectivity index (χ4n) is 2.35. The van der Waals surface area contributed by atoms with Crippen LogP contribution >= 0.6 is 0 Å². The molecule has 1 atom stereocenters. The molecular weight excluding hydrogens is 250 g/mol. The molecule has 0 bridgehead atoms. The van der Waals surface area contributed by atoms with E-state index in [4.69, 9.17) is 4.74 Å². The lowest BCUT2D eigenvalue weighted by Gasteiger charge is -2.18. The normalized spacial score (nSPS) is 12.2. The zero-order valence-corrected chi connectivity index (χ0v) is 12.7. The molecule has 0 fully saturated rings. The van der Waals surface area contributed by atoms with Crippen molar-refractivity contribution in [3.8, 4) is 5.75 Å². The molecule has 108 valence electrons. The molecule has 1 aromatic heterocycles. The lowest BCUT2D eigenvalue weighted by atomic mass is 10.1. The zero-order chi connectivity index (χ0) is 14.5. The summed E-state index contributed by atoms with van der Waals surface area (Å²) in [4.78, 5) is 0. The number of ether oxygens (including phenoxy) is 1. The second kappa shape index (κ2) is 6.46. The minimum absolute atomic E-state index is 0.173. The van der Waals surface area contributed by atoms with Crippen LogP contribution in [0, 0.1) is 0 Å². The van der Waals surface area contributed by atoms with Crippen LogP contribution in [-0.4, -0.2) is 16.4 Å². The quantitative estimate of drug-likeness (QED) is 0.874. The number of hydrogen-bond donors (Lipinski definition) is 1. The van der Waals surface area contributed by atoms with Crippen LogP contribution < -0.4 is 10.1 Å². The molecular formula is C16H23N3O. The maximum atomic E-state index is 5.70. The molecule has 2 aromatic rings. The van der Waals surface area contributed by atoms with Crippen molar-refractivity contribution in [1.82, 2.24) is 9.78 Å². The van der Waals surface area contributed by atoms with E-state index in [-0.39, 0.29) is 6.04 Å². The molecule has 1 unspecified atom stereocenters. The third-order valence-electron chi connectivity index (χ3n) is 3.30. The summed E-state index contributed by atoms with van der Waals surface area (Å²) < 4.78 is 7.55. The van der Waals surface area contributed by atoms with Crippen molar-refractivity contribution in [2.75, 3.05) is 11.9 Å². The van der Waals surface area contributed by atoms with Crippen molar-refractivity contribution >= 4 is 5.69 Å². The van der Waals surface area contributed by atoms with Crippen molar-refractivity contribution in [3.05, 3.63) is 41.7 Å². The Kier molecular flexibility index (Phi) is 4.66. The minimum atomic E-state index is 0.173. The largest absolute Gasteiger partial charge is 0.494 e. The highest BCUT2D eigenvalue weighted by Crippen LogP contribution is 2.28. The summed E-state index contributed by atoms with van der Waals surface area (Å²) in [6.07, 6.45) is 2.95. The first-order chi connectivity index (χ1) is 9.65. The zero-order valence-electron chi connectivity index (χ0n) is 12.7. The van der Waals surface area contributed by atoms with Crippen LogP contribution in [0.15, 0.2) is 30.5 Å². The van der Waals surface area contributed by atoms with Gasteiger partial charge < -0.3 is 10.1 Å². The first-order valence-corrected chi connectivity index (χ1v) is 7.16. The molecule has 0 radical (unpaired) electrons. The van der Waals surface area contributed by atoms with E-state index in [1.54, 1.807) is 0 Å². The van der Waals surface area contributed by atoms with Gasteiger partial charge in [-0.2, -0.15) is 5.10 Å². The highest BCUT2D eigenvalue weighted by molar-refractivity contribution is 5.50. The summed E-state index contributed by atoms with van der Waals surface area (Å²) in [7, 11) is 1.95. The van der Waals surface area contributed by atoms with Crippen molar-refractivity contribution in [1.29, 1.82) is 0 Å². The van der Waals surface area contributed by atoms with Crippen molar-refractivity contribution in [2.45, 2.75) is 33.2 Å². The number of aryl methyl sites for hydroxylation is 2. The number of aromatic nitrogens is 2. The second-order valence-electron chi connectivity index (χ2n) is 4.85. The molecule has 4 nitrogen and oxygen atoms in total. The highest BCUT2D eigenvalue weighted by atomic mass is 16.5. The fourth-order valence-corrected chi connectivity index (χ4v) is 2.35. The summed E-state index contributed by atoms with van der Waals surface area (Å²) in [5, 5.41) is 7.99. The molecule has 1 N–H and O–H groups in total. The maximum Gasteiger partial charge on any atom is 0.124 e. The number of nitrogens with one attached hydrogen (secondary N) is 1. The maximum absolute atomic E-state index is 5.70. The van der Waals surface area contributed by atoms with Crippen LogP contribution in [0.3, 0.4) is 0 Å². The highest BCUT2D eigenvalue weighted by Gasteiger charge is 2.14. The molecule has 0 spiro atoms. The first-order valence-electron chi connectivity index (χ1n) is 7.16. The van der Waals surface area contributed by atoms with Gasteiger partial charge in [0.15, 0.2) is 0 Å². The van der Waals surface area contributed by atoms with E-state index in [1.807, 2.05) is 43.0 Å². The van der Waals surface area contributed by atoms with E-state index < -0.39 is 0 Å². The third-order valence-corrected chi connectivity index (χ3v) is 3.30. The van der Waals surface area contributed by atoms with Crippen molar-refractivity contribution < 1.29 is 4.74 Å². The Balaban J connectivity index is 2.21. The molecule has 0 aliphatic heterocycles. The molecule has 4 heteroatoms. The molecule has 1 aromatic carbocycles. The predicted octanol–water partition coefficient (Wildman–Crippen LogP) is 3.55. The van der Waals surface area contributed by atoms with Gasteiger partial charge in [-0.05, 0) is 26.3 Å². The summed E-state index contributed by atoms with van der Waals surface area (Å²) in [6, 6.07) is 8.33. The van der Waals surface area contributed by atoms with E-state index in [1.165, 1.54) is 5.56 Å². The monoisotopic (exact) mass is 273 g/mol. The van der Waals surface area contributed by atoms with Crippen molar-refractivity contribution in [2.24, 2.45) is 7.05 Å². The Morgan fingerprint density at radius 2 is 2.05 bits per heavy atom. The summed E-state index contributed by atoms with van der Waals surface area (Å²) in [5.74, 6) is 0.942. The number of rotatable bonds is 6. The van der Waals surface area contributed by atoms with E-state index in [9.17, 15) is 0 Å². The molecule has 1 heterocycles. The van der Waals surface area contributed by atoms with Crippen LogP contribution in [0.2, 0.25) is 0 Å². The van der Waals surface area contributed by atoms with Crippen LogP contribution in [0.4, 0.5) is 5.69 Å². The van der Waals surface area contributed by atoms with Gasteiger partial charge in [0.25, 0.3) is 0 Å². The average Bonchev–Trinajstić information content (AvgIpc) is 2.79. The van der Waals surface area contributed by atoms with Gasteiger partial charge in [-0.1, -0.05) is 25.1 Å². The second-order valence-corrected chi connectivity index (χ2v) is 4.85. The SMILES string of the molecule is CCOc1ccccc1C(C)Nc1cn(C)nc1CC. The summed E-state index contributed by atoms with van der Waals surface area (Å²) in [6.45, 7) is 6.94. The van der Waals surface area contributed by atoms with Crippen molar-refractivity contribution in [3.63, 3.8) is 0 Å². The topological polar surface area (TPSA) is 39.1 Å². The predicted molar refractivity (Wildman–Crippen MR) is 82.2 cm³/mol. The minimum Gasteiger partial charge on any atom is -0.494 e. The Morgan fingerprint density at radius 3 is 2.75 bits per heavy atom. The molecule has 0 aliphatic rings. The summed E-state index contributed by atoms with van der Waals surface area (Å²) in [5.41, 5.74) is 3.35. The molecule has 0 saturated heterocycles. The third kappa shape index (κ3) is 3.13. The smallest absolute Gasteiger partial charge is 0.124 e. The molecule has 2 rings (SSSR count). The van der Waals surface area contributed by atoms with Gasteiger partial charge in [-0.15, -0.1) is 0 Å². The molecule has 0 saturated carbocycles. The number of para-hydroxylation sites is 1. The Hall–Kier alpha value is -1.97. The average molecular weight is 273 g/mol. The number of benzene rings is 1. The van der Waals surface area contributed by atoms with E-state index in [0.29, 0.717) is 6.61 Å². The van der Waals surface area contributed by atoms with E-state index >= 15 is 0 Å². The van der Waals surface area contributed by atoms with Gasteiger partial charge in [0.2, 0.25) is 0 Å².